The number of fused-ring (bicyclic) bond motifs is 2. The van der Waals surface area contributed by atoms with Crippen LogP contribution in [0.3, 0.4) is 0 Å². The number of methoxy groups -OCH3 is 1. The van der Waals surface area contributed by atoms with E-state index in [1.807, 2.05) is 34.6 Å². The van der Waals surface area contributed by atoms with Crippen LogP contribution in [0.1, 0.15) is 74.3 Å². The molecule has 42 heavy (non-hydrogen) atoms. The number of nitrogens with zero attached hydrogens (tertiary/aromatic N) is 4. The van der Waals surface area contributed by atoms with Crippen LogP contribution < -0.4 is 9.64 Å². The van der Waals surface area contributed by atoms with Crippen molar-refractivity contribution in [2.75, 3.05) is 38.3 Å². The van der Waals surface area contributed by atoms with Gasteiger partial charge in [0.1, 0.15) is 28.7 Å². The molecule has 3 rings (SSSR count). The molecular weight excluding hydrogens is 548 g/mol. The van der Waals surface area contributed by atoms with Gasteiger partial charge in [0.25, 0.3) is 5.69 Å². The van der Waals surface area contributed by atoms with Crippen molar-refractivity contribution in [3.8, 4) is 5.75 Å². The van der Waals surface area contributed by atoms with Crippen molar-refractivity contribution in [1.82, 2.24) is 9.80 Å². The fourth-order valence-electron chi connectivity index (χ4n) is 4.64. The van der Waals surface area contributed by atoms with Gasteiger partial charge >= 0.3 is 18.2 Å². The number of hydrogen-bond donors (Lipinski definition) is 0. The number of esters is 1. The molecule has 13 heteroatoms. The quantitative estimate of drug-likeness (QED) is 0.199. The Kier molecular flexibility index (Phi) is 11.6. The lowest BCUT2D eigenvalue weighted by Gasteiger charge is -2.42. The zero-order valence-electron chi connectivity index (χ0n) is 26.5. The third-order valence-corrected chi connectivity index (χ3v) is 6.47. The predicted octanol–water partition coefficient (Wildman–Crippen LogP) is 5.13. The minimum absolute atomic E-state index is 0.0363. The third-order valence-electron chi connectivity index (χ3n) is 6.47. The Bertz CT molecular complexity index is 1140. The van der Waals surface area contributed by atoms with Gasteiger partial charge in [0.15, 0.2) is 0 Å². The molecule has 0 radical (unpaired) electrons. The number of carbonyl (C=O) groups is 3. The zero-order chi connectivity index (χ0) is 32.0. The molecule has 2 atom stereocenters. The minimum atomic E-state index is -1.21. The van der Waals surface area contributed by atoms with Gasteiger partial charge in [-0.1, -0.05) is 13.8 Å². The Balaban J connectivity index is 0.00000301. The molecule has 2 aliphatic heterocycles. The van der Waals surface area contributed by atoms with E-state index in [-0.39, 0.29) is 30.1 Å². The summed E-state index contributed by atoms with van der Waals surface area (Å²) < 4.78 is 21.9. The maximum Gasteiger partial charge on any atom is 0.415 e. The number of ether oxygens (including phenoxy) is 4. The molecule has 2 unspecified atom stereocenters. The first-order chi connectivity index (χ1) is 19.5. The van der Waals surface area contributed by atoms with Crippen LogP contribution in [0.2, 0.25) is 0 Å². The average Bonchev–Trinajstić information content (AvgIpc) is 2.87. The number of piperazine rings is 1. The Morgan fingerprint density at radius 1 is 1.07 bits per heavy atom. The van der Waals surface area contributed by atoms with Crippen molar-refractivity contribution in [2.24, 2.45) is 0 Å². The topological polar surface area (TPSA) is 141 Å². The van der Waals surface area contributed by atoms with E-state index in [9.17, 15) is 24.5 Å². The average molecular weight is 595 g/mol. The van der Waals surface area contributed by atoms with Crippen molar-refractivity contribution in [2.45, 2.75) is 98.6 Å². The van der Waals surface area contributed by atoms with Crippen LogP contribution in [0.25, 0.3) is 0 Å². The minimum Gasteiger partial charge on any atom is -0.493 e. The van der Waals surface area contributed by atoms with Crippen molar-refractivity contribution in [1.29, 1.82) is 0 Å². The van der Waals surface area contributed by atoms with Crippen molar-refractivity contribution < 1.29 is 38.3 Å². The molecule has 236 valence electrons. The number of nitro benzene ring substituents is 1. The Morgan fingerprint density at radius 3 is 2.24 bits per heavy atom. The highest BCUT2D eigenvalue weighted by atomic mass is 16.6. The van der Waals surface area contributed by atoms with E-state index in [1.165, 1.54) is 26.2 Å². The first-order valence-electron chi connectivity index (χ1n) is 14.3. The van der Waals surface area contributed by atoms with Crippen LogP contribution in [-0.2, 0) is 25.5 Å². The summed E-state index contributed by atoms with van der Waals surface area (Å²) in [6.45, 7) is 17.9. The molecule has 2 amide bonds. The number of amides is 2. The Labute approximate surface area is 248 Å². The van der Waals surface area contributed by atoms with E-state index < -0.39 is 34.2 Å². The number of hydrogen-bond acceptors (Lipinski definition) is 10. The summed E-state index contributed by atoms with van der Waals surface area (Å²) >= 11 is 0. The maximum atomic E-state index is 13.2. The van der Waals surface area contributed by atoms with Gasteiger partial charge < -0.3 is 23.8 Å². The van der Waals surface area contributed by atoms with E-state index >= 15 is 0 Å². The maximum absolute atomic E-state index is 13.2. The highest BCUT2D eigenvalue weighted by Crippen LogP contribution is 2.39. The summed E-state index contributed by atoms with van der Waals surface area (Å²) in [5.41, 5.74) is -1.49. The standard InChI is InChI=1S/C27H40N4O9.C2H6/c1-17(23(32)37-8)30(25(34)40-27(5,6)7)20-14-22-18(13-21(20)31(35)36)15-28-10-11-29(16-19(28)9-12-38-22)24(33)39-26(2,3)4;1-2/h13-14,17,19H,9-12,15-16H2,1-8H3;1-2H3. The highest BCUT2D eigenvalue weighted by molar-refractivity contribution is 5.98. The molecule has 1 fully saturated rings. The van der Waals surface area contributed by atoms with Gasteiger partial charge in [0.2, 0.25) is 0 Å². The van der Waals surface area contributed by atoms with E-state index in [1.54, 1.807) is 25.7 Å². The SMILES string of the molecule is CC.COC(=O)C(C)N(C(=O)OC(C)(C)C)c1cc2c(cc1[N+](=O)[O-])CN1CCN(C(=O)OC(C)(C)C)CC1CCO2. The molecule has 0 N–H and O–H groups in total. The molecule has 1 saturated heterocycles. The van der Waals surface area contributed by atoms with E-state index in [0.717, 1.165) is 4.90 Å². The molecule has 13 nitrogen and oxygen atoms in total. The predicted molar refractivity (Wildman–Crippen MR) is 157 cm³/mol. The lowest BCUT2D eigenvalue weighted by atomic mass is 10.0. The second-order valence-corrected chi connectivity index (χ2v) is 11.9. The number of nitro groups is 1. The van der Waals surface area contributed by atoms with Crippen LogP contribution in [-0.4, -0.2) is 89.5 Å². The second kappa shape index (κ2) is 14.0. The highest BCUT2D eigenvalue weighted by Gasteiger charge is 2.38. The zero-order valence-corrected chi connectivity index (χ0v) is 26.5. The molecule has 0 saturated carbocycles. The van der Waals surface area contributed by atoms with Crippen molar-refractivity contribution >= 4 is 29.5 Å². The smallest absolute Gasteiger partial charge is 0.415 e. The van der Waals surface area contributed by atoms with E-state index in [2.05, 4.69) is 4.90 Å². The summed E-state index contributed by atoms with van der Waals surface area (Å²) in [4.78, 5) is 54.7. The van der Waals surface area contributed by atoms with Gasteiger partial charge in [-0.2, -0.15) is 0 Å². The summed E-state index contributed by atoms with van der Waals surface area (Å²) in [6.07, 6.45) is -0.713. The van der Waals surface area contributed by atoms with E-state index in [0.29, 0.717) is 43.9 Å². The number of benzene rings is 1. The number of anilines is 1. The normalized spacial score (nSPS) is 17.9. The third kappa shape index (κ3) is 8.94. The first kappa shape index (κ1) is 34.6. The lowest BCUT2D eigenvalue weighted by Crippen LogP contribution is -2.55. The van der Waals surface area contributed by atoms with Gasteiger partial charge in [-0.25, -0.2) is 14.4 Å². The number of carbonyl (C=O) groups excluding carboxylic acids is 3. The molecule has 2 heterocycles. The van der Waals surface area contributed by atoms with Crippen LogP contribution in [0.5, 0.6) is 5.75 Å². The van der Waals surface area contributed by atoms with Crippen molar-refractivity contribution in [3.05, 3.63) is 27.8 Å². The Morgan fingerprint density at radius 2 is 1.69 bits per heavy atom. The molecule has 0 spiro atoms. The van der Waals surface area contributed by atoms with Gasteiger partial charge in [-0.05, 0) is 54.9 Å². The largest absolute Gasteiger partial charge is 0.493 e. The summed E-state index contributed by atoms with van der Waals surface area (Å²) in [7, 11) is 1.17. The molecule has 2 aliphatic rings. The molecule has 0 aromatic heterocycles. The van der Waals surface area contributed by atoms with Crippen LogP contribution in [0, 0.1) is 10.1 Å². The summed E-state index contributed by atoms with van der Waals surface area (Å²) in [5, 5.41) is 12.2. The monoisotopic (exact) mass is 594 g/mol. The summed E-state index contributed by atoms with van der Waals surface area (Å²) in [6, 6.07) is 1.53. The lowest BCUT2D eigenvalue weighted by molar-refractivity contribution is -0.384. The number of rotatable bonds is 4. The van der Waals surface area contributed by atoms with Gasteiger partial charge in [0, 0.05) is 49.9 Å². The second-order valence-electron chi connectivity index (χ2n) is 11.9. The fourth-order valence-corrected chi connectivity index (χ4v) is 4.64. The van der Waals surface area contributed by atoms with E-state index in [4.69, 9.17) is 18.9 Å². The molecular formula is C29H46N4O9. The van der Waals surface area contributed by atoms with Gasteiger partial charge in [-0.15, -0.1) is 0 Å². The van der Waals surface area contributed by atoms with Crippen molar-refractivity contribution in [3.63, 3.8) is 0 Å². The molecule has 0 aliphatic carbocycles. The van der Waals surface area contributed by atoms with Crippen LogP contribution in [0.4, 0.5) is 21.0 Å². The van der Waals surface area contributed by atoms with Crippen LogP contribution >= 0.6 is 0 Å². The van der Waals surface area contributed by atoms with Gasteiger partial charge in [-0.3, -0.25) is 19.9 Å². The van der Waals surface area contributed by atoms with Gasteiger partial charge in [0.05, 0.1) is 18.6 Å². The van der Waals surface area contributed by atoms with Crippen LogP contribution in [0.15, 0.2) is 12.1 Å². The Hall–Kier alpha value is -3.61. The molecule has 0 bridgehead atoms. The molecule has 1 aromatic rings. The fraction of sp³-hybridized carbons (Fsp3) is 0.690. The molecule has 1 aromatic carbocycles. The first-order valence-corrected chi connectivity index (χ1v) is 14.3. The summed E-state index contributed by atoms with van der Waals surface area (Å²) in [5.74, 6) is -0.405.